The lowest BCUT2D eigenvalue weighted by atomic mass is 10.1. The maximum absolute atomic E-state index is 13.1. The molecular weight excluding hydrogens is 445 g/mol. The van der Waals surface area contributed by atoms with Gasteiger partial charge in [-0.05, 0) is 54.4 Å². The van der Waals surface area contributed by atoms with Crippen LogP contribution in [0.3, 0.4) is 0 Å². The number of nitrogens with one attached hydrogen (secondary N) is 2. The number of carbonyl (C=O) groups is 3. The molecule has 3 aromatic rings. The summed E-state index contributed by atoms with van der Waals surface area (Å²) >= 11 is 6.17. The van der Waals surface area contributed by atoms with E-state index in [2.05, 4.69) is 10.6 Å². The molecule has 0 saturated carbocycles. The van der Waals surface area contributed by atoms with Crippen LogP contribution in [0.5, 0.6) is 0 Å². The van der Waals surface area contributed by atoms with Crippen molar-refractivity contribution in [2.24, 2.45) is 0 Å². The Labute approximate surface area is 194 Å². The molecule has 33 heavy (non-hydrogen) atoms. The van der Waals surface area contributed by atoms with Crippen LogP contribution < -0.4 is 10.6 Å². The number of carbonyl (C=O) groups excluding carboxylic acids is 3. The summed E-state index contributed by atoms with van der Waals surface area (Å²) in [5.41, 5.74) is 2.12. The van der Waals surface area contributed by atoms with Crippen molar-refractivity contribution in [1.29, 1.82) is 0 Å². The van der Waals surface area contributed by atoms with Gasteiger partial charge in [0.1, 0.15) is 16.5 Å². The molecule has 1 aliphatic heterocycles. The Hall–Kier alpha value is -3.97. The Bertz CT molecular complexity index is 1240. The van der Waals surface area contributed by atoms with Crippen molar-refractivity contribution in [3.63, 3.8) is 0 Å². The largest absolute Gasteiger partial charge is 0.350 e. The van der Waals surface area contributed by atoms with Crippen molar-refractivity contribution < 1.29 is 18.8 Å². The van der Waals surface area contributed by atoms with Crippen molar-refractivity contribution in [2.45, 2.75) is 6.42 Å². The molecule has 0 aromatic heterocycles. The molecule has 166 valence electrons. The van der Waals surface area contributed by atoms with Crippen molar-refractivity contribution in [2.75, 3.05) is 17.2 Å². The van der Waals surface area contributed by atoms with Crippen LogP contribution >= 0.6 is 11.6 Å². The second-order valence-electron chi connectivity index (χ2n) is 7.35. The first-order valence-electron chi connectivity index (χ1n) is 10.2. The van der Waals surface area contributed by atoms with Gasteiger partial charge < -0.3 is 10.6 Å². The molecule has 3 aromatic carbocycles. The SMILES string of the molecule is O=C(Nc1ccc(F)cc1)c1cccc(NC2=C(Cl)C(=O)N(CCc3ccccc3)C2=O)c1. The predicted octanol–water partition coefficient (Wildman–Crippen LogP) is 4.55. The fraction of sp³-hybridized carbons (Fsp3) is 0.0800. The predicted molar refractivity (Wildman–Crippen MR) is 124 cm³/mol. The minimum atomic E-state index is -0.565. The van der Waals surface area contributed by atoms with E-state index in [1.54, 1.807) is 18.2 Å². The summed E-state index contributed by atoms with van der Waals surface area (Å²) in [6, 6.07) is 21.3. The third-order valence-electron chi connectivity index (χ3n) is 5.07. The molecule has 2 N–H and O–H groups in total. The maximum Gasteiger partial charge on any atom is 0.278 e. The smallest absolute Gasteiger partial charge is 0.278 e. The lowest BCUT2D eigenvalue weighted by Crippen LogP contribution is -2.34. The number of halogens is 2. The van der Waals surface area contributed by atoms with Gasteiger partial charge in [0, 0.05) is 23.5 Å². The first kappa shape index (κ1) is 22.2. The van der Waals surface area contributed by atoms with Crippen LogP contribution in [-0.4, -0.2) is 29.2 Å². The topological polar surface area (TPSA) is 78.5 Å². The van der Waals surface area contributed by atoms with E-state index in [1.165, 1.54) is 30.3 Å². The van der Waals surface area contributed by atoms with E-state index in [0.717, 1.165) is 10.5 Å². The maximum atomic E-state index is 13.1. The van der Waals surface area contributed by atoms with E-state index >= 15 is 0 Å². The molecule has 6 nitrogen and oxygen atoms in total. The van der Waals surface area contributed by atoms with Gasteiger partial charge in [-0.1, -0.05) is 48.0 Å². The van der Waals surface area contributed by atoms with E-state index in [4.69, 9.17) is 11.6 Å². The number of rotatable bonds is 7. The number of benzene rings is 3. The number of nitrogens with zero attached hydrogens (tertiary/aromatic N) is 1. The molecule has 0 fully saturated rings. The number of anilines is 2. The van der Waals surface area contributed by atoms with Gasteiger partial charge in [-0.2, -0.15) is 0 Å². The zero-order chi connectivity index (χ0) is 23.4. The molecule has 1 heterocycles. The van der Waals surface area contributed by atoms with Crippen LogP contribution in [0.1, 0.15) is 15.9 Å². The van der Waals surface area contributed by atoms with Crippen LogP contribution in [0, 0.1) is 5.82 Å². The second-order valence-corrected chi connectivity index (χ2v) is 7.73. The lowest BCUT2D eigenvalue weighted by molar-refractivity contribution is -0.137. The molecule has 0 bridgehead atoms. The van der Waals surface area contributed by atoms with Crippen LogP contribution in [-0.2, 0) is 16.0 Å². The lowest BCUT2D eigenvalue weighted by Gasteiger charge is -2.15. The normalized spacial score (nSPS) is 13.5. The summed E-state index contributed by atoms with van der Waals surface area (Å²) < 4.78 is 13.1. The highest BCUT2D eigenvalue weighted by atomic mass is 35.5. The average Bonchev–Trinajstić information content (AvgIpc) is 3.03. The van der Waals surface area contributed by atoms with Crippen molar-refractivity contribution in [3.05, 3.63) is 107 Å². The Morgan fingerprint density at radius 2 is 1.61 bits per heavy atom. The first-order chi connectivity index (χ1) is 15.9. The Kier molecular flexibility index (Phi) is 6.51. The molecule has 0 atom stereocenters. The molecule has 8 heteroatoms. The summed E-state index contributed by atoms with van der Waals surface area (Å²) in [5, 5.41) is 5.34. The Morgan fingerprint density at radius 1 is 0.879 bits per heavy atom. The van der Waals surface area contributed by atoms with Gasteiger partial charge in [0.15, 0.2) is 0 Å². The van der Waals surface area contributed by atoms with Gasteiger partial charge in [0.2, 0.25) is 0 Å². The van der Waals surface area contributed by atoms with Gasteiger partial charge in [-0.3, -0.25) is 19.3 Å². The number of hydrogen-bond acceptors (Lipinski definition) is 4. The fourth-order valence-electron chi connectivity index (χ4n) is 3.36. The zero-order valence-corrected chi connectivity index (χ0v) is 18.1. The molecule has 0 aliphatic carbocycles. The quantitative estimate of drug-likeness (QED) is 0.504. The average molecular weight is 464 g/mol. The molecule has 1 aliphatic rings. The highest BCUT2D eigenvalue weighted by Gasteiger charge is 2.37. The molecule has 0 radical (unpaired) electrons. The van der Waals surface area contributed by atoms with Crippen LogP contribution in [0.2, 0.25) is 0 Å². The minimum Gasteiger partial charge on any atom is -0.350 e. The Balaban J connectivity index is 1.44. The van der Waals surface area contributed by atoms with E-state index in [1.807, 2.05) is 30.3 Å². The van der Waals surface area contributed by atoms with Gasteiger partial charge in [-0.25, -0.2) is 4.39 Å². The van der Waals surface area contributed by atoms with Crippen molar-refractivity contribution in [3.8, 4) is 0 Å². The first-order valence-corrected chi connectivity index (χ1v) is 10.5. The van der Waals surface area contributed by atoms with Gasteiger partial charge in [-0.15, -0.1) is 0 Å². The van der Waals surface area contributed by atoms with Gasteiger partial charge in [0.05, 0.1) is 0 Å². The Morgan fingerprint density at radius 3 is 2.33 bits per heavy atom. The van der Waals surface area contributed by atoms with Crippen molar-refractivity contribution >= 4 is 40.7 Å². The minimum absolute atomic E-state index is 0.0363. The van der Waals surface area contributed by atoms with E-state index in [-0.39, 0.29) is 17.3 Å². The van der Waals surface area contributed by atoms with Crippen LogP contribution in [0.15, 0.2) is 89.6 Å². The van der Waals surface area contributed by atoms with Crippen molar-refractivity contribution in [1.82, 2.24) is 4.90 Å². The third kappa shape index (κ3) is 5.10. The molecule has 3 amide bonds. The molecule has 0 unspecified atom stereocenters. The number of amides is 3. The van der Waals surface area contributed by atoms with E-state index in [0.29, 0.717) is 23.4 Å². The monoisotopic (exact) mass is 463 g/mol. The molecule has 4 rings (SSSR count). The zero-order valence-electron chi connectivity index (χ0n) is 17.3. The van der Waals surface area contributed by atoms with Gasteiger partial charge >= 0.3 is 0 Å². The summed E-state index contributed by atoms with van der Waals surface area (Å²) in [6.07, 6.45) is 0.509. The molecule has 0 spiro atoms. The molecular formula is C25H19ClFN3O3. The standard InChI is InChI=1S/C25H19ClFN3O3/c26-21-22(25(33)30(24(21)32)14-13-16-5-2-1-3-6-16)28-20-8-4-7-17(15-20)23(31)29-19-11-9-18(27)10-12-19/h1-12,15,28H,13-14H2,(H,29,31). The summed E-state index contributed by atoms with van der Waals surface area (Å²) in [6.45, 7) is 0.198. The van der Waals surface area contributed by atoms with E-state index in [9.17, 15) is 18.8 Å². The summed E-state index contributed by atoms with van der Waals surface area (Å²) in [5.74, 6) is -1.91. The van der Waals surface area contributed by atoms with Gasteiger partial charge in [0.25, 0.3) is 17.7 Å². The van der Waals surface area contributed by atoms with Crippen LogP contribution in [0.25, 0.3) is 0 Å². The summed E-state index contributed by atoms with van der Waals surface area (Å²) in [4.78, 5) is 39.0. The van der Waals surface area contributed by atoms with E-state index < -0.39 is 23.5 Å². The number of hydrogen-bond donors (Lipinski definition) is 2. The summed E-state index contributed by atoms with van der Waals surface area (Å²) in [7, 11) is 0. The molecule has 0 saturated heterocycles. The number of imide groups is 1. The second kappa shape index (κ2) is 9.67. The third-order valence-corrected chi connectivity index (χ3v) is 5.43. The highest BCUT2D eigenvalue weighted by molar-refractivity contribution is 6.48. The highest BCUT2D eigenvalue weighted by Crippen LogP contribution is 2.26. The fourth-order valence-corrected chi connectivity index (χ4v) is 3.59. The van der Waals surface area contributed by atoms with Crippen LogP contribution in [0.4, 0.5) is 15.8 Å².